The summed E-state index contributed by atoms with van der Waals surface area (Å²) in [6.45, 7) is 11.1. The molecule has 5 aromatic rings. The third-order valence-electron chi connectivity index (χ3n) is 7.40. The number of carboxylic acid groups (broad SMARTS) is 1. The molecule has 7 nitrogen and oxygen atoms in total. The summed E-state index contributed by atoms with van der Waals surface area (Å²) < 4.78 is 13.8. The maximum atomic E-state index is 12.4. The Hall–Kier alpha value is -4.30. The maximum Gasteiger partial charge on any atom is 0.309 e. The standard InChI is InChI=1S/C36H39N3O4S/c1-35(2,3)44-33-29(19-36(4,5)34(40)41)39(22-24-12-14-26(15-13-24)27-16-17-31(42-6)38-21-27)28-10-7-11-30(32(28)33)43-23-25-9-8-18-37-20-25/h7-18,20-21H,19,22-23H2,1-6H3,(H,40,41). The Labute approximate surface area is 263 Å². The molecule has 0 radical (unpaired) electrons. The predicted molar refractivity (Wildman–Crippen MR) is 177 cm³/mol. The van der Waals surface area contributed by atoms with Gasteiger partial charge in [-0.15, -0.1) is 11.8 Å². The highest BCUT2D eigenvalue weighted by Gasteiger charge is 2.33. The van der Waals surface area contributed by atoms with Gasteiger partial charge in [-0.3, -0.25) is 9.78 Å². The van der Waals surface area contributed by atoms with E-state index in [9.17, 15) is 9.90 Å². The molecule has 0 saturated heterocycles. The summed E-state index contributed by atoms with van der Waals surface area (Å²) in [5.41, 5.74) is 5.19. The number of carboxylic acids is 1. The summed E-state index contributed by atoms with van der Waals surface area (Å²) in [4.78, 5) is 22.0. The fraction of sp³-hybridized carbons (Fsp3) is 0.306. The molecular formula is C36H39N3O4S. The maximum absolute atomic E-state index is 12.4. The molecule has 0 saturated carbocycles. The number of fused-ring (bicyclic) bond motifs is 1. The lowest BCUT2D eigenvalue weighted by molar-refractivity contribution is -0.146. The van der Waals surface area contributed by atoms with Crippen LogP contribution in [0.5, 0.6) is 11.6 Å². The van der Waals surface area contributed by atoms with Crippen LogP contribution in [0.2, 0.25) is 0 Å². The molecule has 2 aromatic carbocycles. The predicted octanol–water partition coefficient (Wildman–Crippen LogP) is 8.28. The van der Waals surface area contributed by atoms with Crippen molar-refractivity contribution < 1.29 is 19.4 Å². The van der Waals surface area contributed by atoms with Crippen molar-refractivity contribution in [2.75, 3.05) is 7.11 Å². The molecule has 3 heterocycles. The largest absolute Gasteiger partial charge is 0.488 e. The quantitative estimate of drug-likeness (QED) is 0.151. The lowest BCUT2D eigenvalue weighted by Gasteiger charge is -2.24. The van der Waals surface area contributed by atoms with Crippen LogP contribution in [0.15, 0.2) is 90.2 Å². The number of carbonyl (C=O) groups is 1. The molecule has 0 atom stereocenters. The Morgan fingerprint density at radius 2 is 1.66 bits per heavy atom. The first-order chi connectivity index (χ1) is 20.9. The minimum Gasteiger partial charge on any atom is -0.488 e. The molecular weight excluding hydrogens is 570 g/mol. The third-order valence-corrected chi connectivity index (χ3v) is 8.65. The summed E-state index contributed by atoms with van der Waals surface area (Å²) in [6, 6.07) is 22.3. The van der Waals surface area contributed by atoms with Crippen molar-refractivity contribution in [3.8, 4) is 22.8 Å². The summed E-state index contributed by atoms with van der Waals surface area (Å²) in [5.74, 6) is 0.523. The van der Waals surface area contributed by atoms with Gasteiger partial charge in [0, 0.05) is 64.1 Å². The number of hydrogen-bond acceptors (Lipinski definition) is 6. The molecule has 0 aliphatic heterocycles. The first kappa shape index (κ1) is 31.1. The van der Waals surface area contributed by atoms with E-state index < -0.39 is 11.4 Å². The lowest BCUT2D eigenvalue weighted by Crippen LogP contribution is -2.28. The van der Waals surface area contributed by atoms with E-state index in [0.717, 1.165) is 49.5 Å². The van der Waals surface area contributed by atoms with E-state index in [0.29, 0.717) is 25.5 Å². The Kier molecular flexibility index (Phi) is 9.02. The first-order valence-electron chi connectivity index (χ1n) is 14.6. The van der Waals surface area contributed by atoms with Gasteiger partial charge < -0.3 is 19.1 Å². The topological polar surface area (TPSA) is 86.5 Å². The zero-order valence-electron chi connectivity index (χ0n) is 26.1. The van der Waals surface area contributed by atoms with Crippen LogP contribution >= 0.6 is 11.8 Å². The number of nitrogens with zero attached hydrogens (tertiary/aromatic N) is 3. The van der Waals surface area contributed by atoms with Gasteiger partial charge in [-0.25, -0.2) is 4.98 Å². The number of ether oxygens (including phenoxy) is 2. The van der Waals surface area contributed by atoms with Crippen LogP contribution in [0.25, 0.3) is 22.0 Å². The smallest absolute Gasteiger partial charge is 0.309 e. The van der Waals surface area contributed by atoms with E-state index in [-0.39, 0.29) is 4.75 Å². The zero-order valence-corrected chi connectivity index (χ0v) is 26.9. The van der Waals surface area contributed by atoms with Crippen molar-refractivity contribution >= 4 is 28.6 Å². The van der Waals surface area contributed by atoms with Crippen LogP contribution in [-0.2, 0) is 24.4 Å². The van der Waals surface area contributed by atoms with E-state index in [1.54, 1.807) is 38.9 Å². The Morgan fingerprint density at radius 1 is 0.909 bits per heavy atom. The highest BCUT2D eigenvalue weighted by atomic mass is 32.2. The van der Waals surface area contributed by atoms with E-state index in [2.05, 4.69) is 65.6 Å². The molecule has 0 spiro atoms. The Balaban J connectivity index is 1.61. The number of pyridine rings is 2. The third kappa shape index (κ3) is 7.08. The van der Waals surface area contributed by atoms with Crippen LogP contribution in [0.1, 0.15) is 51.4 Å². The highest BCUT2D eigenvalue weighted by molar-refractivity contribution is 8.00. The molecule has 3 aromatic heterocycles. The minimum atomic E-state index is -0.971. The van der Waals surface area contributed by atoms with Crippen molar-refractivity contribution in [3.63, 3.8) is 0 Å². The van der Waals surface area contributed by atoms with E-state index in [1.165, 1.54) is 0 Å². The van der Waals surface area contributed by atoms with Crippen molar-refractivity contribution in [1.82, 2.24) is 14.5 Å². The molecule has 1 N–H and O–H groups in total. The molecule has 0 unspecified atom stereocenters. The summed E-state index contributed by atoms with van der Waals surface area (Å²) >= 11 is 1.76. The fourth-order valence-corrected chi connectivity index (χ4v) is 6.29. The number of methoxy groups -OCH3 is 1. The first-order valence-corrected chi connectivity index (χ1v) is 15.4. The molecule has 8 heteroatoms. The van der Waals surface area contributed by atoms with Crippen LogP contribution in [0, 0.1) is 5.41 Å². The number of benzene rings is 2. The molecule has 0 aliphatic carbocycles. The molecule has 0 amide bonds. The van der Waals surface area contributed by atoms with Crippen LogP contribution in [0.4, 0.5) is 0 Å². The second-order valence-corrected chi connectivity index (χ2v) is 14.4. The summed E-state index contributed by atoms with van der Waals surface area (Å²) in [6.07, 6.45) is 5.73. The summed E-state index contributed by atoms with van der Waals surface area (Å²) in [5, 5.41) is 11.2. The van der Waals surface area contributed by atoms with Crippen molar-refractivity contribution in [1.29, 1.82) is 0 Å². The lowest BCUT2D eigenvalue weighted by atomic mass is 9.88. The molecule has 5 rings (SSSR count). The van der Waals surface area contributed by atoms with Gasteiger partial charge in [0.05, 0.1) is 23.4 Å². The van der Waals surface area contributed by atoms with Crippen LogP contribution < -0.4 is 9.47 Å². The van der Waals surface area contributed by atoms with Crippen LogP contribution in [-0.4, -0.2) is 37.5 Å². The van der Waals surface area contributed by atoms with Gasteiger partial charge >= 0.3 is 5.97 Å². The number of aliphatic carboxylic acids is 1. The molecule has 0 aliphatic rings. The van der Waals surface area contributed by atoms with Gasteiger partial charge in [0.25, 0.3) is 0 Å². The Bertz CT molecular complexity index is 1740. The van der Waals surface area contributed by atoms with Gasteiger partial charge in [0.1, 0.15) is 12.4 Å². The normalized spacial score (nSPS) is 12.0. The number of thioether (sulfide) groups is 1. The second kappa shape index (κ2) is 12.7. The van der Waals surface area contributed by atoms with Gasteiger partial charge in [0.15, 0.2) is 0 Å². The van der Waals surface area contributed by atoms with E-state index >= 15 is 0 Å². The highest BCUT2D eigenvalue weighted by Crippen LogP contribution is 2.46. The van der Waals surface area contributed by atoms with Gasteiger partial charge in [-0.2, -0.15) is 0 Å². The molecule has 228 valence electrons. The number of rotatable bonds is 11. The number of aromatic nitrogens is 3. The van der Waals surface area contributed by atoms with Crippen molar-refractivity contribution in [2.24, 2.45) is 5.41 Å². The second-order valence-electron chi connectivity index (χ2n) is 12.5. The average Bonchev–Trinajstić information content (AvgIpc) is 3.27. The molecule has 0 fully saturated rings. The van der Waals surface area contributed by atoms with E-state index in [1.807, 2.05) is 48.8 Å². The van der Waals surface area contributed by atoms with Crippen LogP contribution in [0.3, 0.4) is 0 Å². The van der Waals surface area contributed by atoms with Crippen molar-refractivity contribution in [2.45, 2.75) is 63.8 Å². The monoisotopic (exact) mass is 609 g/mol. The van der Waals surface area contributed by atoms with Gasteiger partial charge in [-0.05, 0) is 49.2 Å². The van der Waals surface area contributed by atoms with Crippen molar-refractivity contribution in [3.05, 3.63) is 102 Å². The number of hydrogen-bond donors (Lipinski definition) is 1. The summed E-state index contributed by atoms with van der Waals surface area (Å²) in [7, 11) is 1.61. The van der Waals surface area contributed by atoms with Gasteiger partial charge in [0.2, 0.25) is 5.88 Å². The molecule has 44 heavy (non-hydrogen) atoms. The minimum absolute atomic E-state index is 0.119. The SMILES string of the molecule is COc1ccc(-c2ccc(Cn3c(CC(C)(C)C(=O)O)c(SC(C)(C)C)c4c(OCc5cccnc5)cccc43)cc2)cn1. The van der Waals surface area contributed by atoms with E-state index in [4.69, 9.17) is 9.47 Å². The fourth-order valence-electron chi connectivity index (χ4n) is 5.07. The Morgan fingerprint density at radius 3 is 2.27 bits per heavy atom. The zero-order chi connectivity index (χ0) is 31.5. The average molecular weight is 610 g/mol. The molecule has 0 bridgehead atoms. The van der Waals surface area contributed by atoms with Gasteiger partial charge in [-0.1, -0.05) is 57.2 Å².